The summed E-state index contributed by atoms with van der Waals surface area (Å²) < 4.78 is 5.76. The van der Waals surface area contributed by atoms with Gasteiger partial charge in [0.25, 0.3) is 0 Å². The van der Waals surface area contributed by atoms with Crippen molar-refractivity contribution < 1.29 is 4.74 Å². The quantitative estimate of drug-likeness (QED) is 0.922. The Morgan fingerprint density at radius 2 is 2.20 bits per heavy atom. The summed E-state index contributed by atoms with van der Waals surface area (Å²) in [6.45, 7) is 9.52. The van der Waals surface area contributed by atoms with Gasteiger partial charge in [0.05, 0.1) is 18.9 Å². The van der Waals surface area contributed by atoms with E-state index in [1.165, 1.54) is 42.6 Å². The third-order valence-electron chi connectivity index (χ3n) is 4.83. The molecule has 4 nitrogen and oxygen atoms in total. The van der Waals surface area contributed by atoms with Crippen molar-refractivity contribution in [3.05, 3.63) is 17.0 Å². The second-order valence-corrected chi connectivity index (χ2v) is 6.65. The first-order valence-corrected chi connectivity index (χ1v) is 8.09. The highest BCUT2D eigenvalue weighted by Gasteiger charge is 2.24. The molecular weight excluding hydrogens is 250 g/mol. The molecule has 1 atom stereocenters. The molecule has 1 N–H and O–H groups in total. The molecule has 3 rings (SSSR count). The zero-order chi connectivity index (χ0) is 13.9. The van der Waals surface area contributed by atoms with Crippen molar-refractivity contribution in [3.63, 3.8) is 0 Å². The van der Waals surface area contributed by atoms with E-state index in [2.05, 4.69) is 28.9 Å². The second-order valence-electron chi connectivity index (χ2n) is 6.65. The van der Waals surface area contributed by atoms with Gasteiger partial charge in [0.1, 0.15) is 0 Å². The lowest BCUT2D eigenvalue weighted by molar-refractivity contribution is 0.108. The van der Waals surface area contributed by atoms with Crippen LogP contribution >= 0.6 is 0 Å². The molecule has 1 aliphatic carbocycles. The first kappa shape index (κ1) is 14.1. The minimum Gasteiger partial charge on any atom is -0.380 e. The molecule has 0 radical (unpaired) electrons. The maximum Gasteiger partial charge on any atom is 0.0797 e. The van der Waals surface area contributed by atoms with Gasteiger partial charge in [-0.05, 0) is 43.1 Å². The number of ether oxygens (including phenoxy) is 1. The number of nitrogens with zero attached hydrogens (tertiary/aromatic N) is 2. The van der Waals surface area contributed by atoms with Crippen molar-refractivity contribution in [2.45, 2.75) is 46.1 Å². The molecular formula is C16H27N3O. The van der Waals surface area contributed by atoms with Crippen LogP contribution in [0.5, 0.6) is 0 Å². The molecule has 1 aliphatic heterocycles. The van der Waals surface area contributed by atoms with Crippen LogP contribution in [0.25, 0.3) is 0 Å². The molecule has 1 aromatic heterocycles. The van der Waals surface area contributed by atoms with Crippen molar-refractivity contribution in [2.24, 2.45) is 11.8 Å². The number of rotatable bonds is 3. The molecule has 0 aromatic carbocycles. The van der Waals surface area contributed by atoms with E-state index >= 15 is 0 Å². The minimum absolute atomic E-state index is 0.646. The highest BCUT2D eigenvalue weighted by Crippen LogP contribution is 2.24. The molecule has 0 spiro atoms. The molecule has 4 heteroatoms. The maximum atomic E-state index is 5.76. The van der Waals surface area contributed by atoms with Gasteiger partial charge in [0.15, 0.2) is 0 Å². The van der Waals surface area contributed by atoms with Gasteiger partial charge in [-0.15, -0.1) is 0 Å². The summed E-state index contributed by atoms with van der Waals surface area (Å²) in [6, 6.07) is 0. The Morgan fingerprint density at radius 3 is 3.05 bits per heavy atom. The second kappa shape index (κ2) is 6.27. The molecule has 2 aliphatic rings. The predicted molar refractivity (Wildman–Crippen MR) is 79.7 cm³/mol. The summed E-state index contributed by atoms with van der Waals surface area (Å²) in [5.41, 5.74) is 4.17. The highest BCUT2D eigenvalue weighted by molar-refractivity contribution is 5.27. The first-order valence-electron chi connectivity index (χ1n) is 8.09. The number of H-pyrrole nitrogens is 1. The lowest BCUT2D eigenvalue weighted by Crippen LogP contribution is -2.32. The lowest BCUT2D eigenvalue weighted by atomic mass is 9.95. The van der Waals surface area contributed by atoms with Crippen LogP contribution in [0.1, 0.15) is 43.6 Å². The number of hydrogen-bond donors (Lipinski definition) is 1. The van der Waals surface area contributed by atoms with Gasteiger partial charge in [-0.25, -0.2) is 0 Å². The summed E-state index contributed by atoms with van der Waals surface area (Å²) in [7, 11) is 0. The Morgan fingerprint density at radius 1 is 1.35 bits per heavy atom. The van der Waals surface area contributed by atoms with Crippen LogP contribution in [-0.4, -0.2) is 41.4 Å². The number of hydrogen-bond acceptors (Lipinski definition) is 3. The molecule has 1 unspecified atom stereocenters. The number of aromatic nitrogens is 2. The third kappa shape index (κ3) is 3.07. The SMILES string of the molecule is CC(C)C1COCCN(Cc2n[nH]c3c2CCCC3)C1. The van der Waals surface area contributed by atoms with Crippen LogP contribution in [0.2, 0.25) is 0 Å². The van der Waals surface area contributed by atoms with E-state index < -0.39 is 0 Å². The fourth-order valence-corrected chi connectivity index (χ4v) is 3.34. The molecule has 112 valence electrons. The van der Waals surface area contributed by atoms with Gasteiger partial charge in [-0.3, -0.25) is 10.00 Å². The summed E-state index contributed by atoms with van der Waals surface area (Å²) in [5, 5.41) is 7.84. The number of nitrogens with one attached hydrogen (secondary N) is 1. The van der Waals surface area contributed by atoms with Crippen LogP contribution in [0.3, 0.4) is 0 Å². The molecule has 20 heavy (non-hydrogen) atoms. The van der Waals surface area contributed by atoms with E-state index in [9.17, 15) is 0 Å². The van der Waals surface area contributed by atoms with Gasteiger partial charge >= 0.3 is 0 Å². The highest BCUT2D eigenvalue weighted by atomic mass is 16.5. The van der Waals surface area contributed by atoms with Crippen molar-refractivity contribution in [3.8, 4) is 0 Å². The normalized spacial score (nSPS) is 24.6. The van der Waals surface area contributed by atoms with E-state index in [0.717, 1.165) is 32.8 Å². The standard InChI is InChI=1S/C16H27N3O/c1-12(2)13-9-19(7-8-20-11-13)10-16-14-5-3-4-6-15(14)17-18-16/h12-13H,3-11H2,1-2H3,(H,17,18). The van der Waals surface area contributed by atoms with Crippen LogP contribution in [-0.2, 0) is 24.1 Å². The summed E-state index contributed by atoms with van der Waals surface area (Å²) >= 11 is 0. The first-order chi connectivity index (χ1) is 9.74. The fraction of sp³-hybridized carbons (Fsp3) is 0.812. The molecule has 2 heterocycles. The van der Waals surface area contributed by atoms with Crippen LogP contribution in [0, 0.1) is 11.8 Å². The van der Waals surface area contributed by atoms with Gasteiger partial charge in [0.2, 0.25) is 0 Å². The summed E-state index contributed by atoms with van der Waals surface area (Å²) in [6.07, 6.45) is 5.01. The van der Waals surface area contributed by atoms with E-state index in [4.69, 9.17) is 4.74 Å². The van der Waals surface area contributed by atoms with Crippen LogP contribution < -0.4 is 0 Å². The van der Waals surface area contributed by atoms with Gasteiger partial charge in [0, 0.05) is 25.3 Å². The Kier molecular flexibility index (Phi) is 4.41. The number of aryl methyl sites for hydroxylation is 1. The van der Waals surface area contributed by atoms with Crippen molar-refractivity contribution >= 4 is 0 Å². The lowest BCUT2D eigenvalue weighted by Gasteiger charge is -2.25. The number of fused-ring (bicyclic) bond motifs is 1. The van der Waals surface area contributed by atoms with Crippen molar-refractivity contribution in [1.82, 2.24) is 15.1 Å². The van der Waals surface area contributed by atoms with Crippen LogP contribution in [0.4, 0.5) is 0 Å². The van der Waals surface area contributed by atoms with Crippen molar-refractivity contribution in [1.29, 1.82) is 0 Å². The molecule has 0 amide bonds. The van der Waals surface area contributed by atoms with E-state index in [1.807, 2.05) is 0 Å². The zero-order valence-electron chi connectivity index (χ0n) is 12.8. The van der Waals surface area contributed by atoms with E-state index in [0.29, 0.717) is 11.8 Å². The molecule has 0 bridgehead atoms. The monoisotopic (exact) mass is 277 g/mol. The van der Waals surface area contributed by atoms with E-state index in [1.54, 1.807) is 0 Å². The Balaban J connectivity index is 1.68. The van der Waals surface area contributed by atoms with Crippen LogP contribution in [0.15, 0.2) is 0 Å². The van der Waals surface area contributed by atoms with Crippen molar-refractivity contribution in [2.75, 3.05) is 26.3 Å². The largest absolute Gasteiger partial charge is 0.380 e. The molecule has 1 saturated heterocycles. The minimum atomic E-state index is 0.646. The van der Waals surface area contributed by atoms with Gasteiger partial charge < -0.3 is 4.74 Å². The Bertz CT molecular complexity index is 441. The van der Waals surface area contributed by atoms with E-state index in [-0.39, 0.29) is 0 Å². The smallest absolute Gasteiger partial charge is 0.0797 e. The number of aromatic amines is 1. The topological polar surface area (TPSA) is 41.1 Å². The summed E-state index contributed by atoms with van der Waals surface area (Å²) in [4.78, 5) is 2.53. The fourth-order valence-electron chi connectivity index (χ4n) is 3.34. The Hall–Kier alpha value is -0.870. The molecule has 1 aromatic rings. The average molecular weight is 277 g/mol. The predicted octanol–water partition coefficient (Wildman–Crippen LogP) is 2.39. The third-order valence-corrected chi connectivity index (χ3v) is 4.83. The molecule has 1 fully saturated rings. The zero-order valence-corrected chi connectivity index (χ0v) is 12.8. The molecule has 0 saturated carbocycles. The average Bonchev–Trinajstić information content (AvgIpc) is 2.69. The Labute approximate surface area is 121 Å². The van der Waals surface area contributed by atoms with Gasteiger partial charge in [-0.2, -0.15) is 5.10 Å². The maximum absolute atomic E-state index is 5.76. The summed E-state index contributed by atoms with van der Waals surface area (Å²) in [5.74, 6) is 1.33. The van der Waals surface area contributed by atoms with Gasteiger partial charge in [-0.1, -0.05) is 13.8 Å².